The van der Waals surface area contributed by atoms with Gasteiger partial charge in [-0.1, -0.05) is 6.07 Å². The Morgan fingerprint density at radius 3 is 2.43 bits per heavy atom. The fourth-order valence-electron chi connectivity index (χ4n) is 3.24. The van der Waals surface area contributed by atoms with Gasteiger partial charge in [0.1, 0.15) is 0 Å². The van der Waals surface area contributed by atoms with Crippen LogP contribution in [0.4, 0.5) is 5.69 Å². The minimum atomic E-state index is -3.73. The molecule has 3 N–H and O–H groups in total. The fourth-order valence-corrected chi connectivity index (χ4v) is 4.45. The van der Waals surface area contributed by atoms with E-state index < -0.39 is 10.0 Å². The second-order valence-electron chi connectivity index (χ2n) is 6.94. The predicted molar refractivity (Wildman–Crippen MR) is 112 cm³/mol. The average Bonchev–Trinajstić information content (AvgIpc) is 3.19. The van der Waals surface area contributed by atoms with Crippen molar-refractivity contribution in [2.24, 2.45) is 5.14 Å². The van der Waals surface area contributed by atoms with E-state index in [0.717, 1.165) is 39.1 Å². The first kappa shape index (κ1) is 20.9. The summed E-state index contributed by atoms with van der Waals surface area (Å²) in [7, 11) is -3.73. The summed E-state index contributed by atoms with van der Waals surface area (Å²) in [6.45, 7) is 6.55. The Labute approximate surface area is 170 Å². The Kier molecular flexibility index (Phi) is 6.84. The highest BCUT2D eigenvalue weighted by Crippen LogP contribution is 2.15. The molecule has 1 amide bonds. The molecule has 1 aliphatic heterocycles. The Hall–Kier alpha value is -1.78. The van der Waals surface area contributed by atoms with Crippen LogP contribution in [0.2, 0.25) is 0 Å². The van der Waals surface area contributed by atoms with Gasteiger partial charge in [-0.05, 0) is 49.1 Å². The molecule has 1 fully saturated rings. The molecule has 152 valence electrons. The normalized spacial score (nSPS) is 17.4. The van der Waals surface area contributed by atoms with Gasteiger partial charge in [-0.3, -0.25) is 9.69 Å². The molecule has 1 atom stereocenters. The first-order chi connectivity index (χ1) is 13.3. The molecular weight excluding hydrogens is 396 g/mol. The molecule has 0 bridgehead atoms. The lowest BCUT2D eigenvalue weighted by molar-refractivity contribution is -0.121. The minimum absolute atomic E-state index is 0.0252. The van der Waals surface area contributed by atoms with E-state index in [1.54, 1.807) is 23.5 Å². The predicted octanol–water partition coefficient (Wildman–Crippen LogP) is 1.58. The van der Waals surface area contributed by atoms with Gasteiger partial charge in [-0.25, -0.2) is 13.6 Å². The van der Waals surface area contributed by atoms with E-state index in [0.29, 0.717) is 5.69 Å². The highest BCUT2D eigenvalue weighted by molar-refractivity contribution is 7.89. The van der Waals surface area contributed by atoms with Crippen LogP contribution >= 0.6 is 11.3 Å². The number of piperazine rings is 1. The summed E-state index contributed by atoms with van der Waals surface area (Å²) in [4.78, 5) is 18.6. The molecule has 0 radical (unpaired) electrons. The third-order valence-corrected chi connectivity index (χ3v) is 6.90. The summed E-state index contributed by atoms with van der Waals surface area (Å²) in [5.74, 6) is -0.101. The summed E-state index contributed by atoms with van der Waals surface area (Å²) in [5.41, 5.74) is 0.554. The van der Waals surface area contributed by atoms with Crippen LogP contribution in [0.25, 0.3) is 0 Å². The zero-order valence-corrected chi connectivity index (χ0v) is 17.5. The molecule has 28 heavy (non-hydrogen) atoms. The number of thiophene rings is 1. The van der Waals surface area contributed by atoms with Crippen LogP contribution < -0.4 is 10.5 Å². The van der Waals surface area contributed by atoms with Crippen molar-refractivity contribution in [2.45, 2.75) is 24.3 Å². The molecule has 1 aromatic carbocycles. The van der Waals surface area contributed by atoms with E-state index in [9.17, 15) is 13.2 Å². The van der Waals surface area contributed by atoms with Crippen molar-refractivity contribution in [3.8, 4) is 0 Å². The van der Waals surface area contributed by atoms with Gasteiger partial charge in [-0.15, -0.1) is 11.3 Å². The van der Waals surface area contributed by atoms with Crippen molar-refractivity contribution in [3.63, 3.8) is 0 Å². The second-order valence-corrected chi connectivity index (χ2v) is 9.54. The number of nitrogens with one attached hydrogen (secondary N) is 1. The van der Waals surface area contributed by atoms with E-state index in [1.165, 1.54) is 17.0 Å². The summed E-state index contributed by atoms with van der Waals surface area (Å²) >= 11 is 1.79. The highest BCUT2D eigenvalue weighted by atomic mass is 32.2. The minimum Gasteiger partial charge on any atom is -0.325 e. The van der Waals surface area contributed by atoms with Crippen LogP contribution in [-0.4, -0.2) is 62.9 Å². The van der Waals surface area contributed by atoms with E-state index in [4.69, 9.17) is 5.14 Å². The molecule has 0 spiro atoms. The SMILES string of the molecule is CC(C(=O)Nc1ccc(S(N)(=O)=O)cc1)N1CCN(CCc2cccs2)CC1. The number of nitrogens with zero attached hydrogens (tertiary/aromatic N) is 2. The second kappa shape index (κ2) is 9.15. The number of primary sulfonamides is 1. The number of carbonyl (C=O) groups is 1. The Morgan fingerprint density at radius 1 is 1.18 bits per heavy atom. The number of amides is 1. The number of hydrogen-bond donors (Lipinski definition) is 2. The first-order valence-corrected chi connectivity index (χ1v) is 11.7. The number of nitrogens with two attached hydrogens (primary N) is 1. The van der Waals surface area contributed by atoms with Crippen LogP contribution in [0, 0.1) is 0 Å². The summed E-state index contributed by atoms with van der Waals surface area (Å²) in [6.07, 6.45) is 1.07. The van der Waals surface area contributed by atoms with Crippen LogP contribution in [0.1, 0.15) is 11.8 Å². The summed E-state index contributed by atoms with van der Waals surface area (Å²) in [5, 5.41) is 10.0. The lowest BCUT2D eigenvalue weighted by Crippen LogP contribution is -2.53. The van der Waals surface area contributed by atoms with Crippen LogP contribution in [-0.2, 0) is 21.2 Å². The van der Waals surface area contributed by atoms with Crippen molar-refractivity contribution in [2.75, 3.05) is 38.0 Å². The van der Waals surface area contributed by atoms with E-state index in [1.807, 2.05) is 6.92 Å². The van der Waals surface area contributed by atoms with Gasteiger partial charge in [0.2, 0.25) is 15.9 Å². The maximum Gasteiger partial charge on any atom is 0.241 e. The lowest BCUT2D eigenvalue weighted by atomic mass is 10.2. The van der Waals surface area contributed by atoms with Crippen LogP contribution in [0.15, 0.2) is 46.7 Å². The van der Waals surface area contributed by atoms with Gasteiger partial charge in [0.15, 0.2) is 0 Å². The zero-order chi connectivity index (χ0) is 20.1. The van der Waals surface area contributed by atoms with Gasteiger partial charge < -0.3 is 10.2 Å². The molecule has 2 heterocycles. The number of carbonyl (C=O) groups excluding carboxylic acids is 1. The molecular formula is C19H26N4O3S2. The molecule has 2 aromatic rings. The maximum atomic E-state index is 12.5. The number of benzene rings is 1. The molecule has 0 saturated carbocycles. The van der Waals surface area contributed by atoms with Crippen LogP contribution in [0.3, 0.4) is 0 Å². The molecule has 9 heteroatoms. The fraction of sp³-hybridized carbons (Fsp3) is 0.421. The van der Waals surface area contributed by atoms with Gasteiger partial charge in [0, 0.05) is 43.3 Å². The van der Waals surface area contributed by atoms with Crippen molar-refractivity contribution in [1.29, 1.82) is 0 Å². The van der Waals surface area contributed by atoms with Gasteiger partial charge in [0.05, 0.1) is 10.9 Å². The van der Waals surface area contributed by atoms with Crippen molar-refractivity contribution in [3.05, 3.63) is 46.7 Å². The summed E-state index contributed by atoms with van der Waals surface area (Å²) in [6, 6.07) is 9.88. The molecule has 7 nitrogen and oxygen atoms in total. The zero-order valence-electron chi connectivity index (χ0n) is 15.9. The largest absolute Gasteiger partial charge is 0.325 e. The third kappa shape index (κ3) is 5.62. The topological polar surface area (TPSA) is 95.7 Å². The van der Waals surface area contributed by atoms with Crippen LogP contribution in [0.5, 0.6) is 0 Å². The molecule has 1 aromatic heterocycles. The molecule has 3 rings (SSSR count). The monoisotopic (exact) mass is 422 g/mol. The Bertz CT molecular complexity index is 874. The van der Waals surface area contributed by atoms with Gasteiger partial charge in [0.25, 0.3) is 0 Å². The standard InChI is InChI=1S/C19H26N4O3S2/c1-15(19(24)21-16-4-6-18(7-5-16)28(20,25)26)23-12-10-22(11-13-23)9-8-17-3-2-14-27-17/h2-7,14-15H,8-13H2,1H3,(H,21,24)(H2,20,25,26). The number of hydrogen-bond acceptors (Lipinski definition) is 6. The third-order valence-electron chi connectivity index (χ3n) is 5.04. The van der Waals surface area contributed by atoms with E-state index >= 15 is 0 Å². The molecule has 1 unspecified atom stereocenters. The van der Waals surface area contributed by atoms with E-state index in [-0.39, 0.29) is 16.8 Å². The number of sulfonamides is 1. The number of rotatable bonds is 7. The number of anilines is 1. The maximum absolute atomic E-state index is 12.5. The van der Waals surface area contributed by atoms with Gasteiger partial charge in [-0.2, -0.15) is 0 Å². The van der Waals surface area contributed by atoms with Gasteiger partial charge >= 0.3 is 0 Å². The lowest BCUT2D eigenvalue weighted by Gasteiger charge is -2.37. The smallest absolute Gasteiger partial charge is 0.241 e. The molecule has 0 aliphatic carbocycles. The average molecular weight is 423 g/mol. The quantitative estimate of drug-likeness (QED) is 0.706. The first-order valence-electron chi connectivity index (χ1n) is 9.25. The van der Waals surface area contributed by atoms with Crippen molar-refractivity contribution >= 4 is 33.0 Å². The van der Waals surface area contributed by atoms with Crippen molar-refractivity contribution in [1.82, 2.24) is 9.80 Å². The highest BCUT2D eigenvalue weighted by Gasteiger charge is 2.25. The Morgan fingerprint density at radius 2 is 1.86 bits per heavy atom. The summed E-state index contributed by atoms with van der Waals surface area (Å²) < 4.78 is 22.6. The van der Waals surface area contributed by atoms with E-state index in [2.05, 4.69) is 32.6 Å². The van der Waals surface area contributed by atoms with Crippen molar-refractivity contribution < 1.29 is 13.2 Å². The Balaban J connectivity index is 1.46. The molecule has 1 aliphatic rings. The molecule has 1 saturated heterocycles.